The van der Waals surface area contributed by atoms with Crippen molar-refractivity contribution in [3.05, 3.63) is 63.0 Å². The maximum Gasteiger partial charge on any atom is 0.256 e. The number of halogens is 3. The molecule has 0 radical (unpaired) electrons. The Morgan fingerprint density at radius 1 is 1.19 bits per heavy atom. The molecule has 2 aromatic heterocycles. The topological polar surface area (TPSA) is 63.9 Å². The maximum atomic E-state index is 13.8. The molecule has 2 aliphatic heterocycles. The number of aromatic nitrogens is 4. The number of rotatable bonds is 2. The number of nitrogens with zero attached hydrogens (tertiary/aromatic N) is 5. The SMILES string of the molecule is Cc1nc(-c2cnn(C)c2)c2c(n1)[C@H]1CCC[C@@H](C2)N1C(=O)c1ccc(F)c(Cl)c1Cl. The summed E-state index contributed by atoms with van der Waals surface area (Å²) in [4.78, 5) is 24.9. The number of carbonyl (C=O) groups is 1. The molecule has 1 aromatic carbocycles. The molecule has 0 unspecified atom stereocenters. The minimum absolute atomic E-state index is 0.0135. The molecule has 31 heavy (non-hydrogen) atoms. The number of amides is 1. The predicted octanol–water partition coefficient (Wildman–Crippen LogP) is 4.92. The molecule has 1 saturated heterocycles. The maximum absolute atomic E-state index is 13.8. The van der Waals surface area contributed by atoms with Crippen molar-refractivity contribution in [1.82, 2.24) is 24.6 Å². The lowest BCUT2D eigenvalue weighted by atomic mass is 9.81. The van der Waals surface area contributed by atoms with Crippen LogP contribution in [-0.2, 0) is 13.5 Å². The highest BCUT2D eigenvalue weighted by Crippen LogP contribution is 2.45. The number of fused-ring (bicyclic) bond motifs is 4. The van der Waals surface area contributed by atoms with E-state index < -0.39 is 5.82 Å². The first-order chi connectivity index (χ1) is 14.8. The highest BCUT2D eigenvalue weighted by Gasteiger charge is 2.43. The third kappa shape index (κ3) is 3.31. The third-order valence-corrected chi connectivity index (χ3v) is 6.99. The van der Waals surface area contributed by atoms with E-state index >= 15 is 0 Å². The molecular formula is C22H20Cl2FN5O. The smallest absolute Gasteiger partial charge is 0.256 e. The molecule has 1 fully saturated rings. The number of aryl methyl sites for hydroxylation is 2. The summed E-state index contributed by atoms with van der Waals surface area (Å²) in [6, 6.07) is 2.39. The molecule has 2 atom stereocenters. The molecule has 5 rings (SSSR count). The number of carbonyl (C=O) groups excluding carboxylic acids is 1. The van der Waals surface area contributed by atoms with Crippen molar-refractivity contribution in [1.29, 1.82) is 0 Å². The van der Waals surface area contributed by atoms with Gasteiger partial charge in [0, 0.05) is 30.4 Å². The van der Waals surface area contributed by atoms with Crippen LogP contribution < -0.4 is 0 Å². The molecule has 0 spiro atoms. The predicted molar refractivity (Wildman–Crippen MR) is 116 cm³/mol. The zero-order valence-corrected chi connectivity index (χ0v) is 18.6. The molecule has 2 bridgehead atoms. The molecule has 3 aromatic rings. The molecule has 1 amide bonds. The Morgan fingerprint density at radius 2 is 2.00 bits per heavy atom. The second-order valence-corrected chi connectivity index (χ2v) is 8.88. The van der Waals surface area contributed by atoms with Gasteiger partial charge in [0.2, 0.25) is 0 Å². The van der Waals surface area contributed by atoms with Crippen LogP contribution in [0.1, 0.15) is 52.7 Å². The van der Waals surface area contributed by atoms with E-state index in [1.165, 1.54) is 12.1 Å². The summed E-state index contributed by atoms with van der Waals surface area (Å²) in [6.45, 7) is 1.86. The minimum Gasteiger partial charge on any atom is -0.327 e. The van der Waals surface area contributed by atoms with Crippen LogP contribution in [0.5, 0.6) is 0 Å². The lowest BCUT2D eigenvalue weighted by molar-refractivity contribution is 0.0389. The van der Waals surface area contributed by atoms with Gasteiger partial charge in [0.05, 0.1) is 39.2 Å². The molecule has 4 heterocycles. The molecule has 9 heteroatoms. The quantitative estimate of drug-likeness (QED) is 0.509. The summed E-state index contributed by atoms with van der Waals surface area (Å²) in [6.07, 6.45) is 7.06. The van der Waals surface area contributed by atoms with Gasteiger partial charge in [-0.05, 0) is 44.7 Å². The number of piperidine rings is 1. The van der Waals surface area contributed by atoms with E-state index in [0.717, 1.165) is 41.8 Å². The fourth-order valence-corrected chi connectivity index (χ4v) is 5.20. The van der Waals surface area contributed by atoms with Gasteiger partial charge in [-0.1, -0.05) is 23.2 Å². The summed E-state index contributed by atoms with van der Waals surface area (Å²) in [7, 11) is 1.87. The average molecular weight is 460 g/mol. The van der Waals surface area contributed by atoms with Gasteiger partial charge in [0.15, 0.2) is 0 Å². The van der Waals surface area contributed by atoms with Crippen LogP contribution >= 0.6 is 23.2 Å². The van der Waals surface area contributed by atoms with Crippen molar-refractivity contribution in [2.75, 3.05) is 0 Å². The zero-order valence-electron chi connectivity index (χ0n) is 17.1. The van der Waals surface area contributed by atoms with E-state index in [0.29, 0.717) is 12.2 Å². The van der Waals surface area contributed by atoms with Crippen LogP contribution in [0, 0.1) is 12.7 Å². The first kappa shape index (κ1) is 20.4. The normalized spacial score (nSPS) is 20.0. The van der Waals surface area contributed by atoms with Crippen LogP contribution in [-0.4, -0.2) is 36.6 Å². The Labute approximate surface area is 189 Å². The van der Waals surface area contributed by atoms with Crippen molar-refractivity contribution in [2.45, 2.75) is 44.7 Å². The molecule has 160 valence electrons. The second kappa shape index (κ2) is 7.57. The van der Waals surface area contributed by atoms with Crippen LogP contribution in [0.3, 0.4) is 0 Å². The van der Waals surface area contributed by atoms with E-state index in [1.807, 2.05) is 25.1 Å². The monoisotopic (exact) mass is 459 g/mol. The lowest BCUT2D eigenvalue weighted by Crippen LogP contribution is -2.50. The minimum atomic E-state index is -0.642. The largest absolute Gasteiger partial charge is 0.327 e. The van der Waals surface area contributed by atoms with Crippen molar-refractivity contribution in [3.8, 4) is 11.3 Å². The second-order valence-electron chi connectivity index (χ2n) is 8.13. The van der Waals surface area contributed by atoms with E-state index in [-0.39, 0.29) is 33.6 Å². The number of hydrogen-bond donors (Lipinski definition) is 0. The highest BCUT2D eigenvalue weighted by atomic mass is 35.5. The Kier molecular flexibility index (Phi) is 4.98. The Bertz CT molecular complexity index is 1210. The van der Waals surface area contributed by atoms with E-state index in [2.05, 4.69) is 5.10 Å². The van der Waals surface area contributed by atoms with Gasteiger partial charge < -0.3 is 4.90 Å². The Hall–Kier alpha value is -2.51. The van der Waals surface area contributed by atoms with E-state index in [1.54, 1.807) is 10.9 Å². The van der Waals surface area contributed by atoms with Crippen molar-refractivity contribution in [3.63, 3.8) is 0 Å². The fourth-order valence-electron chi connectivity index (χ4n) is 4.80. The molecule has 2 aliphatic rings. The standard InChI is InChI=1S/C22H20Cl2FN5O/c1-11-27-20(12-9-26-29(2)10-12)15-8-13-4-3-5-17(21(15)28-11)30(13)22(31)14-6-7-16(25)19(24)18(14)23/h6-7,9-10,13,17H,3-5,8H2,1-2H3/t13-,17+/m0/s1. The summed E-state index contributed by atoms with van der Waals surface area (Å²) in [5.41, 5.74) is 3.98. The van der Waals surface area contributed by atoms with E-state index in [4.69, 9.17) is 33.2 Å². The fraction of sp³-hybridized carbons (Fsp3) is 0.364. The zero-order chi connectivity index (χ0) is 21.9. The van der Waals surface area contributed by atoms with Gasteiger partial charge in [-0.2, -0.15) is 5.10 Å². The average Bonchev–Trinajstić information content (AvgIpc) is 3.18. The van der Waals surface area contributed by atoms with Gasteiger partial charge in [-0.3, -0.25) is 9.48 Å². The Balaban J connectivity index is 1.62. The summed E-state index contributed by atoms with van der Waals surface area (Å²) in [5, 5.41) is 4.01. The van der Waals surface area contributed by atoms with Crippen LogP contribution in [0.2, 0.25) is 10.0 Å². The molecule has 0 N–H and O–H groups in total. The van der Waals surface area contributed by atoms with Gasteiger partial charge in [-0.15, -0.1) is 0 Å². The Morgan fingerprint density at radius 3 is 2.74 bits per heavy atom. The molecule has 6 nitrogen and oxygen atoms in total. The summed E-state index contributed by atoms with van der Waals surface area (Å²) < 4.78 is 15.5. The van der Waals surface area contributed by atoms with Crippen LogP contribution in [0.25, 0.3) is 11.3 Å². The number of benzene rings is 1. The van der Waals surface area contributed by atoms with Crippen molar-refractivity contribution < 1.29 is 9.18 Å². The first-order valence-corrected chi connectivity index (χ1v) is 10.9. The molecule has 0 aliphatic carbocycles. The summed E-state index contributed by atoms with van der Waals surface area (Å²) >= 11 is 12.2. The van der Waals surface area contributed by atoms with Crippen LogP contribution in [0.15, 0.2) is 24.5 Å². The molecular weight excluding hydrogens is 440 g/mol. The first-order valence-electron chi connectivity index (χ1n) is 10.2. The van der Waals surface area contributed by atoms with Gasteiger partial charge in [0.1, 0.15) is 11.6 Å². The van der Waals surface area contributed by atoms with Gasteiger partial charge >= 0.3 is 0 Å². The van der Waals surface area contributed by atoms with Gasteiger partial charge in [0.25, 0.3) is 5.91 Å². The summed E-state index contributed by atoms with van der Waals surface area (Å²) in [5.74, 6) is -0.236. The highest BCUT2D eigenvalue weighted by molar-refractivity contribution is 6.44. The van der Waals surface area contributed by atoms with Gasteiger partial charge in [-0.25, -0.2) is 14.4 Å². The molecule has 0 saturated carbocycles. The lowest BCUT2D eigenvalue weighted by Gasteiger charge is -2.46. The van der Waals surface area contributed by atoms with Crippen LogP contribution in [0.4, 0.5) is 4.39 Å². The van der Waals surface area contributed by atoms with E-state index in [9.17, 15) is 9.18 Å². The van der Waals surface area contributed by atoms with Crippen molar-refractivity contribution in [2.24, 2.45) is 7.05 Å². The number of hydrogen-bond acceptors (Lipinski definition) is 4. The van der Waals surface area contributed by atoms with Crippen molar-refractivity contribution >= 4 is 29.1 Å². The third-order valence-electron chi connectivity index (χ3n) is 6.13.